The highest BCUT2D eigenvalue weighted by Crippen LogP contribution is 2.41. The van der Waals surface area contributed by atoms with E-state index in [2.05, 4.69) is 126 Å². The monoisotopic (exact) mass is 540 g/mol. The van der Waals surface area contributed by atoms with Gasteiger partial charge in [-0.15, -0.1) is 0 Å². The van der Waals surface area contributed by atoms with E-state index >= 15 is 0 Å². The van der Waals surface area contributed by atoms with E-state index in [1.807, 2.05) is 0 Å². The summed E-state index contributed by atoms with van der Waals surface area (Å²) < 4.78 is 6.35. The molecule has 1 aromatic heterocycles. The Labute approximate surface area is 241 Å². The molecule has 0 amide bonds. The quantitative estimate of drug-likeness (QED) is 0.168. The van der Waals surface area contributed by atoms with Crippen LogP contribution in [0.1, 0.15) is 80.8 Å². The van der Waals surface area contributed by atoms with Crippen molar-refractivity contribution in [2.45, 2.75) is 68.2 Å². The van der Waals surface area contributed by atoms with Gasteiger partial charge < -0.3 is 19.1 Å². The van der Waals surface area contributed by atoms with Gasteiger partial charge in [0.05, 0.1) is 0 Å². The van der Waals surface area contributed by atoms with Gasteiger partial charge >= 0.3 is 0 Å². The molecule has 40 heavy (non-hydrogen) atoms. The van der Waals surface area contributed by atoms with Crippen molar-refractivity contribution in [1.29, 1.82) is 0 Å². The lowest BCUT2D eigenvalue weighted by molar-refractivity contribution is 0.575. The van der Waals surface area contributed by atoms with Crippen LogP contribution in [-0.4, -0.2) is 44.3 Å². The second-order valence-corrected chi connectivity index (χ2v) is 10.7. The first-order valence-electron chi connectivity index (χ1n) is 15.2. The van der Waals surface area contributed by atoms with Gasteiger partial charge in [0.2, 0.25) is 0 Å². The third-order valence-corrected chi connectivity index (χ3v) is 8.50. The number of aromatic nitrogens is 1. The Morgan fingerprint density at radius 1 is 0.575 bits per heavy atom. The first kappa shape index (κ1) is 29.5. The summed E-state index contributed by atoms with van der Waals surface area (Å²) >= 11 is 0. The predicted octanol–water partition coefficient (Wildman–Crippen LogP) is 8.47. The van der Waals surface area contributed by atoms with E-state index in [1.54, 1.807) is 0 Å². The number of rotatable bonds is 12. The highest BCUT2D eigenvalue weighted by atomic mass is 16.4. The van der Waals surface area contributed by atoms with Crippen LogP contribution in [0.2, 0.25) is 0 Å². The summed E-state index contributed by atoms with van der Waals surface area (Å²) in [4.78, 5) is 11.8. The molecule has 214 valence electrons. The van der Waals surface area contributed by atoms with Gasteiger partial charge in [-0.2, -0.15) is 4.98 Å². The van der Waals surface area contributed by atoms with Gasteiger partial charge in [0.25, 0.3) is 6.01 Å². The number of hydrogen-bond donors (Lipinski definition) is 0. The minimum Gasteiger partial charge on any atom is -0.423 e. The van der Waals surface area contributed by atoms with Crippen molar-refractivity contribution in [2.24, 2.45) is 0 Å². The third-order valence-electron chi connectivity index (χ3n) is 8.50. The second kappa shape index (κ2) is 12.8. The van der Waals surface area contributed by atoms with E-state index in [4.69, 9.17) is 9.40 Å². The maximum absolute atomic E-state index is 6.35. The van der Waals surface area contributed by atoms with Gasteiger partial charge in [-0.3, -0.25) is 0 Å². The number of aryl methyl sites for hydroxylation is 3. The fourth-order valence-corrected chi connectivity index (χ4v) is 6.06. The van der Waals surface area contributed by atoms with E-state index < -0.39 is 0 Å². The Bertz CT molecular complexity index is 1370. The van der Waals surface area contributed by atoms with Gasteiger partial charge in [0.1, 0.15) is 5.52 Å². The maximum atomic E-state index is 6.35. The van der Waals surface area contributed by atoms with E-state index in [0.717, 1.165) is 50.4 Å². The van der Waals surface area contributed by atoms with Crippen LogP contribution in [0.4, 0.5) is 17.4 Å². The fourth-order valence-electron chi connectivity index (χ4n) is 6.06. The highest BCUT2D eigenvalue weighted by molar-refractivity contribution is 5.78. The summed E-state index contributed by atoms with van der Waals surface area (Å²) in [5, 5.41) is 0. The van der Waals surface area contributed by atoms with Crippen LogP contribution in [0.3, 0.4) is 0 Å². The zero-order valence-electron chi connectivity index (χ0n) is 26.1. The van der Waals surface area contributed by atoms with Crippen LogP contribution >= 0.6 is 0 Å². The van der Waals surface area contributed by atoms with Gasteiger partial charge in [0, 0.05) is 56.6 Å². The van der Waals surface area contributed by atoms with Crippen molar-refractivity contribution in [3.63, 3.8) is 0 Å². The number of hydrogen-bond acceptors (Lipinski definition) is 5. The minimum absolute atomic E-state index is 0.0860. The SMILES string of the molecule is CCN(CC)c1ccc(C(c2ccc(N(CC)CC)cc2C)c2cc3oc(N(CC)CC)nc3cc2C)c(C)c1. The molecule has 0 fully saturated rings. The molecule has 0 unspecified atom stereocenters. The van der Waals surface area contributed by atoms with Crippen LogP contribution in [0, 0.1) is 20.8 Å². The molecule has 5 nitrogen and oxygen atoms in total. The standard InChI is InChI=1S/C35H48N4O/c1-10-37(11-2)27-16-18-29(24(7)20-27)34(30-19-17-28(21-25(30)8)38(12-3)13-4)31-23-33-32(22-26(31)9)36-35(40-33)39(14-5)15-6/h16-23,34H,10-15H2,1-9H3. The number of oxazole rings is 1. The smallest absolute Gasteiger partial charge is 0.298 e. The van der Waals surface area contributed by atoms with Crippen molar-refractivity contribution in [3.05, 3.63) is 81.9 Å². The Kier molecular flexibility index (Phi) is 9.44. The lowest BCUT2D eigenvalue weighted by Crippen LogP contribution is -2.22. The van der Waals surface area contributed by atoms with E-state index in [1.165, 1.54) is 44.8 Å². The second-order valence-electron chi connectivity index (χ2n) is 10.7. The molecule has 0 spiro atoms. The lowest BCUT2D eigenvalue weighted by Gasteiger charge is -2.28. The zero-order valence-corrected chi connectivity index (χ0v) is 26.1. The summed E-state index contributed by atoms with van der Waals surface area (Å²) in [6.07, 6.45) is 0. The summed E-state index contributed by atoms with van der Waals surface area (Å²) in [6, 6.07) is 19.1. The molecular weight excluding hydrogens is 492 g/mol. The van der Waals surface area contributed by atoms with Crippen LogP contribution in [-0.2, 0) is 0 Å². The molecule has 3 aromatic carbocycles. The van der Waals surface area contributed by atoms with Crippen molar-refractivity contribution in [1.82, 2.24) is 4.98 Å². The molecule has 0 bridgehead atoms. The predicted molar refractivity (Wildman–Crippen MR) is 173 cm³/mol. The molecule has 0 aliphatic carbocycles. The molecule has 0 aliphatic rings. The first-order chi connectivity index (χ1) is 19.3. The Balaban J connectivity index is 1.92. The average Bonchev–Trinajstić information content (AvgIpc) is 3.35. The van der Waals surface area contributed by atoms with Crippen molar-refractivity contribution in [2.75, 3.05) is 54.0 Å². The fraction of sp³-hybridized carbons (Fsp3) is 0.457. The summed E-state index contributed by atoms with van der Waals surface area (Å²) in [7, 11) is 0. The van der Waals surface area contributed by atoms with Crippen LogP contribution < -0.4 is 14.7 Å². The van der Waals surface area contributed by atoms with Gasteiger partial charge in [0.15, 0.2) is 5.58 Å². The van der Waals surface area contributed by atoms with E-state index in [-0.39, 0.29) is 5.92 Å². The van der Waals surface area contributed by atoms with E-state index in [9.17, 15) is 0 Å². The zero-order chi connectivity index (χ0) is 29.0. The molecular formula is C35H48N4O. The minimum atomic E-state index is 0.0860. The molecule has 0 N–H and O–H groups in total. The van der Waals surface area contributed by atoms with Gasteiger partial charge in [-0.25, -0.2) is 0 Å². The highest BCUT2D eigenvalue weighted by Gasteiger charge is 2.25. The first-order valence-corrected chi connectivity index (χ1v) is 15.2. The third kappa shape index (κ3) is 5.70. The molecule has 0 radical (unpaired) electrons. The lowest BCUT2D eigenvalue weighted by atomic mass is 9.79. The Hall–Kier alpha value is -3.47. The number of benzene rings is 3. The molecule has 1 heterocycles. The van der Waals surface area contributed by atoms with Crippen molar-refractivity contribution >= 4 is 28.5 Å². The molecule has 0 saturated heterocycles. The Morgan fingerprint density at radius 3 is 1.45 bits per heavy atom. The molecule has 0 saturated carbocycles. The van der Waals surface area contributed by atoms with Crippen LogP contribution in [0.5, 0.6) is 0 Å². The van der Waals surface area contributed by atoms with Crippen LogP contribution in [0.15, 0.2) is 52.9 Å². The molecule has 4 rings (SSSR count). The topological polar surface area (TPSA) is 35.8 Å². The number of anilines is 3. The summed E-state index contributed by atoms with van der Waals surface area (Å²) in [5.41, 5.74) is 12.1. The number of nitrogens with zero attached hydrogens (tertiary/aromatic N) is 4. The number of fused-ring (bicyclic) bond motifs is 1. The normalized spacial score (nSPS) is 11.4. The van der Waals surface area contributed by atoms with Gasteiger partial charge in [-0.05, 0) is 132 Å². The molecule has 4 aromatic rings. The largest absolute Gasteiger partial charge is 0.423 e. The summed E-state index contributed by atoms with van der Waals surface area (Å²) in [6.45, 7) is 25.6. The summed E-state index contributed by atoms with van der Waals surface area (Å²) in [5.74, 6) is 0.0860. The van der Waals surface area contributed by atoms with Crippen LogP contribution in [0.25, 0.3) is 11.1 Å². The van der Waals surface area contributed by atoms with Crippen molar-refractivity contribution in [3.8, 4) is 0 Å². The molecule has 0 aliphatic heterocycles. The Morgan fingerprint density at radius 2 is 1.02 bits per heavy atom. The maximum Gasteiger partial charge on any atom is 0.298 e. The van der Waals surface area contributed by atoms with Crippen molar-refractivity contribution < 1.29 is 4.42 Å². The average molecular weight is 541 g/mol. The van der Waals surface area contributed by atoms with Gasteiger partial charge in [-0.1, -0.05) is 12.1 Å². The molecule has 0 atom stereocenters. The molecule has 5 heteroatoms. The van der Waals surface area contributed by atoms with E-state index in [0.29, 0.717) is 6.01 Å².